The predicted molar refractivity (Wildman–Crippen MR) is 34.9 cm³/mol. The Morgan fingerprint density at radius 3 is 2.67 bits per heavy atom. The van der Waals surface area contributed by atoms with E-state index >= 15 is 0 Å². The van der Waals surface area contributed by atoms with E-state index in [1.807, 2.05) is 0 Å². The normalized spacial score (nSPS) is 12.4. The molecule has 0 heterocycles. The van der Waals surface area contributed by atoms with Crippen molar-refractivity contribution >= 4 is 5.84 Å². The monoisotopic (exact) mass is 128 g/mol. The molecule has 0 fully saturated rings. The molecule has 0 unspecified atom stereocenters. The zero-order chi connectivity index (χ0) is 7.28. The molecule has 0 N–H and O–H groups in total. The summed E-state index contributed by atoms with van der Waals surface area (Å²) in [6, 6.07) is 0. The number of aliphatic imine (C=N–C) groups is 1. The molecule has 0 aliphatic heterocycles. The lowest BCUT2D eigenvalue weighted by Gasteiger charge is -1.85. The third-order valence-electron chi connectivity index (χ3n) is 0.675. The zero-order valence-corrected chi connectivity index (χ0v) is 5.37. The minimum atomic E-state index is -0.528. The maximum absolute atomic E-state index is 9.85. The van der Waals surface area contributed by atoms with Crippen LogP contribution in [0.15, 0.2) is 17.3 Å². The highest BCUT2D eigenvalue weighted by molar-refractivity contribution is 5.71. The van der Waals surface area contributed by atoms with Crippen LogP contribution in [0, 0.1) is 10.1 Å². The lowest BCUT2D eigenvalue weighted by atomic mass is 10.6. The van der Waals surface area contributed by atoms with Gasteiger partial charge in [-0.2, -0.15) is 0 Å². The Labute approximate surface area is 53.1 Å². The second-order valence-corrected chi connectivity index (χ2v) is 1.42. The summed E-state index contributed by atoms with van der Waals surface area (Å²) in [6.45, 7) is 3.09. The van der Waals surface area contributed by atoms with Crippen LogP contribution in [0.25, 0.3) is 0 Å². The summed E-state index contributed by atoms with van der Waals surface area (Å²) in [6.07, 6.45) is 3.02. The number of amidine groups is 1. The summed E-state index contributed by atoms with van der Waals surface area (Å²) >= 11 is 0. The quantitative estimate of drug-likeness (QED) is 0.231. The van der Waals surface area contributed by atoms with Gasteiger partial charge >= 0.3 is 5.84 Å². The first kappa shape index (κ1) is 7.81. The van der Waals surface area contributed by atoms with Crippen LogP contribution in [0.5, 0.6) is 0 Å². The minimum absolute atomic E-state index is 0.0897. The topological polar surface area (TPSA) is 55.5 Å². The van der Waals surface area contributed by atoms with Crippen molar-refractivity contribution in [2.75, 3.05) is 0 Å². The molecule has 0 aromatic heterocycles. The van der Waals surface area contributed by atoms with Gasteiger partial charge in [0, 0.05) is 6.92 Å². The van der Waals surface area contributed by atoms with E-state index in [9.17, 15) is 10.1 Å². The van der Waals surface area contributed by atoms with Crippen molar-refractivity contribution in [1.29, 1.82) is 0 Å². The fourth-order valence-electron chi connectivity index (χ4n) is 0.230. The van der Waals surface area contributed by atoms with Gasteiger partial charge in [-0.25, -0.2) is 0 Å². The molecule has 4 nitrogen and oxygen atoms in total. The van der Waals surface area contributed by atoms with Gasteiger partial charge in [0.05, 0.1) is 0 Å². The van der Waals surface area contributed by atoms with E-state index in [-0.39, 0.29) is 5.84 Å². The maximum atomic E-state index is 9.85. The molecular formula is C5H8N2O2. The first-order chi connectivity index (χ1) is 4.18. The molecule has 0 saturated carbocycles. The van der Waals surface area contributed by atoms with E-state index < -0.39 is 4.92 Å². The van der Waals surface area contributed by atoms with E-state index in [1.54, 1.807) is 13.0 Å². The van der Waals surface area contributed by atoms with Crippen molar-refractivity contribution in [3.63, 3.8) is 0 Å². The molecule has 0 rings (SSSR count). The van der Waals surface area contributed by atoms with Gasteiger partial charge in [0.1, 0.15) is 6.20 Å². The zero-order valence-electron chi connectivity index (χ0n) is 5.37. The number of allylic oxidation sites excluding steroid dienone is 1. The molecule has 4 heteroatoms. The Bertz CT molecular complexity index is 160. The van der Waals surface area contributed by atoms with Gasteiger partial charge in [0.2, 0.25) is 0 Å². The Morgan fingerprint density at radius 2 is 2.33 bits per heavy atom. The number of hydrogen-bond acceptors (Lipinski definition) is 3. The summed E-state index contributed by atoms with van der Waals surface area (Å²) in [7, 11) is 0. The smallest absolute Gasteiger partial charge is 0.335 e. The highest BCUT2D eigenvalue weighted by Crippen LogP contribution is 1.80. The van der Waals surface area contributed by atoms with Crippen molar-refractivity contribution in [2.24, 2.45) is 4.99 Å². The van der Waals surface area contributed by atoms with E-state index in [2.05, 4.69) is 4.99 Å². The van der Waals surface area contributed by atoms with Gasteiger partial charge in [-0.15, -0.1) is 0 Å². The van der Waals surface area contributed by atoms with Crippen LogP contribution in [0.3, 0.4) is 0 Å². The van der Waals surface area contributed by atoms with Crippen LogP contribution in [0.4, 0.5) is 0 Å². The highest BCUT2D eigenvalue weighted by Gasteiger charge is 1.97. The molecule has 9 heavy (non-hydrogen) atoms. The molecular weight excluding hydrogens is 120 g/mol. The van der Waals surface area contributed by atoms with E-state index in [0.29, 0.717) is 0 Å². The average Bonchev–Trinajstić information content (AvgIpc) is 1.82. The molecule has 0 aliphatic rings. The van der Waals surface area contributed by atoms with Crippen LogP contribution in [-0.4, -0.2) is 10.8 Å². The second-order valence-electron chi connectivity index (χ2n) is 1.42. The van der Waals surface area contributed by atoms with Gasteiger partial charge in [-0.3, -0.25) is 0 Å². The minimum Gasteiger partial charge on any atom is -0.358 e. The summed E-state index contributed by atoms with van der Waals surface area (Å²) in [5, 5.41) is 9.85. The number of hydrogen-bond donors (Lipinski definition) is 0. The standard InChI is InChI=1S/C5H8N2O2/c1-3-4-6-5(2)7(8)9/h3-4H,1-2H3/b4-3-,6-5+. The van der Waals surface area contributed by atoms with Crippen molar-refractivity contribution < 1.29 is 4.92 Å². The van der Waals surface area contributed by atoms with E-state index in [0.717, 1.165) is 0 Å². The fraction of sp³-hybridized carbons (Fsp3) is 0.400. The Morgan fingerprint density at radius 1 is 1.78 bits per heavy atom. The van der Waals surface area contributed by atoms with Gasteiger partial charge in [-0.1, -0.05) is 4.99 Å². The molecule has 0 saturated heterocycles. The van der Waals surface area contributed by atoms with Gasteiger partial charge in [0.15, 0.2) is 0 Å². The summed E-state index contributed by atoms with van der Waals surface area (Å²) in [5.74, 6) is -0.0897. The van der Waals surface area contributed by atoms with Crippen LogP contribution in [0.2, 0.25) is 0 Å². The van der Waals surface area contributed by atoms with Gasteiger partial charge in [0.25, 0.3) is 0 Å². The van der Waals surface area contributed by atoms with Gasteiger partial charge < -0.3 is 10.1 Å². The molecule has 0 radical (unpaired) electrons. The number of nitro groups is 1. The van der Waals surface area contributed by atoms with Crippen molar-refractivity contribution in [1.82, 2.24) is 0 Å². The highest BCUT2D eigenvalue weighted by atomic mass is 16.6. The first-order valence-corrected chi connectivity index (χ1v) is 2.48. The first-order valence-electron chi connectivity index (χ1n) is 2.48. The van der Waals surface area contributed by atoms with Gasteiger partial charge in [-0.05, 0) is 17.9 Å². The number of rotatable bonds is 1. The Hall–Kier alpha value is -1.19. The molecule has 0 aromatic rings. The molecule has 0 aromatic carbocycles. The lowest BCUT2D eigenvalue weighted by molar-refractivity contribution is -0.351. The van der Waals surface area contributed by atoms with Crippen LogP contribution in [-0.2, 0) is 0 Å². The Kier molecular flexibility index (Phi) is 3.27. The number of nitrogens with zero attached hydrogens (tertiary/aromatic N) is 2. The summed E-state index contributed by atoms with van der Waals surface area (Å²) in [5.41, 5.74) is 0. The van der Waals surface area contributed by atoms with Crippen LogP contribution in [0.1, 0.15) is 13.8 Å². The SMILES string of the molecule is C/C=C\N=C(/C)[N+](=O)[O-]. The molecule has 0 bridgehead atoms. The molecule has 0 atom stereocenters. The third-order valence-corrected chi connectivity index (χ3v) is 0.675. The van der Waals surface area contributed by atoms with Crippen molar-refractivity contribution in [3.05, 3.63) is 22.4 Å². The van der Waals surface area contributed by atoms with Crippen molar-refractivity contribution in [3.8, 4) is 0 Å². The fourth-order valence-corrected chi connectivity index (χ4v) is 0.230. The summed E-state index contributed by atoms with van der Waals surface area (Å²) in [4.78, 5) is 12.8. The Balaban J connectivity index is 4.00. The third kappa shape index (κ3) is 3.40. The molecule has 50 valence electrons. The molecule has 0 aliphatic carbocycles. The van der Waals surface area contributed by atoms with E-state index in [4.69, 9.17) is 0 Å². The maximum Gasteiger partial charge on any atom is 0.335 e. The van der Waals surface area contributed by atoms with Crippen LogP contribution >= 0.6 is 0 Å². The lowest BCUT2D eigenvalue weighted by Crippen LogP contribution is -2.04. The molecule has 0 spiro atoms. The van der Waals surface area contributed by atoms with E-state index in [1.165, 1.54) is 13.1 Å². The summed E-state index contributed by atoms with van der Waals surface area (Å²) < 4.78 is 0. The second kappa shape index (κ2) is 3.77. The van der Waals surface area contributed by atoms with Crippen LogP contribution < -0.4 is 0 Å². The molecule has 0 amide bonds. The van der Waals surface area contributed by atoms with Crippen molar-refractivity contribution in [2.45, 2.75) is 13.8 Å². The average molecular weight is 128 g/mol. The largest absolute Gasteiger partial charge is 0.358 e. The predicted octanol–water partition coefficient (Wildman–Crippen LogP) is 1.22.